The molecule has 1 amide bonds. The second-order valence-electron chi connectivity index (χ2n) is 5.69. The summed E-state index contributed by atoms with van der Waals surface area (Å²) in [6.07, 6.45) is 1.41. The van der Waals surface area contributed by atoms with Gasteiger partial charge < -0.3 is 14.6 Å². The topological polar surface area (TPSA) is 76.1 Å². The molecule has 0 radical (unpaired) electrons. The summed E-state index contributed by atoms with van der Waals surface area (Å²) in [4.78, 5) is 26.1. The van der Waals surface area contributed by atoms with E-state index in [9.17, 15) is 19.1 Å². The number of nitrogens with zero attached hydrogens (tertiary/aromatic N) is 1. The molecule has 0 unspecified atom stereocenters. The standard InChI is InChI=1S/C19H13ClFNO5S2/c1-26-13-6-3-9(15(18(24)25)16(13)27-2)7-14-17(23)22(19(28)29-14)10-4-5-12(21)11(20)8-10/h3-8H,1-2H3,(H,24,25)/b14-7+. The van der Waals surface area contributed by atoms with Gasteiger partial charge in [0.05, 0.1) is 29.8 Å². The van der Waals surface area contributed by atoms with Gasteiger partial charge in [0.2, 0.25) is 0 Å². The van der Waals surface area contributed by atoms with E-state index in [1.165, 1.54) is 49.5 Å². The van der Waals surface area contributed by atoms with Crippen LogP contribution in [0.3, 0.4) is 0 Å². The Morgan fingerprint density at radius 2 is 2.00 bits per heavy atom. The molecule has 0 spiro atoms. The van der Waals surface area contributed by atoms with Crippen LogP contribution in [0.2, 0.25) is 5.02 Å². The highest BCUT2D eigenvalue weighted by atomic mass is 35.5. The number of thioether (sulfide) groups is 1. The number of halogens is 2. The number of hydrogen-bond donors (Lipinski definition) is 1. The summed E-state index contributed by atoms with van der Waals surface area (Å²) in [7, 11) is 2.72. The highest BCUT2D eigenvalue weighted by Gasteiger charge is 2.34. The van der Waals surface area contributed by atoms with E-state index in [0.29, 0.717) is 5.69 Å². The molecule has 0 aromatic heterocycles. The van der Waals surface area contributed by atoms with Crippen molar-refractivity contribution in [3.05, 3.63) is 57.2 Å². The number of rotatable bonds is 5. The summed E-state index contributed by atoms with van der Waals surface area (Å²) in [5.41, 5.74) is 0.405. The van der Waals surface area contributed by atoms with E-state index in [4.69, 9.17) is 33.3 Å². The van der Waals surface area contributed by atoms with Crippen LogP contribution >= 0.6 is 35.6 Å². The normalized spacial score (nSPS) is 15.2. The molecule has 0 saturated carbocycles. The van der Waals surface area contributed by atoms with E-state index in [1.54, 1.807) is 0 Å². The summed E-state index contributed by atoms with van der Waals surface area (Å²) >= 11 is 12.1. The fraction of sp³-hybridized carbons (Fsp3) is 0.105. The average Bonchev–Trinajstić information content (AvgIpc) is 2.96. The number of carboxylic acids is 1. The predicted octanol–water partition coefficient (Wildman–Crippen LogP) is 4.60. The Bertz CT molecular complexity index is 1070. The van der Waals surface area contributed by atoms with Crippen LogP contribution in [0.5, 0.6) is 11.5 Å². The van der Waals surface area contributed by atoms with Gasteiger partial charge in [-0.3, -0.25) is 9.69 Å². The Kier molecular flexibility index (Phi) is 6.11. The van der Waals surface area contributed by atoms with E-state index in [1.807, 2.05) is 0 Å². The first-order valence-corrected chi connectivity index (χ1v) is 9.60. The molecule has 0 atom stereocenters. The Morgan fingerprint density at radius 1 is 1.28 bits per heavy atom. The molecule has 10 heteroatoms. The van der Waals surface area contributed by atoms with E-state index >= 15 is 0 Å². The van der Waals surface area contributed by atoms with Crippen molar-refractivity contribution in [2.75, 3.05) is 19.1 Å². The monoisotopic (exact) mass is 453 g/mol. The quantitative estimate of drug-likeness (QED) is 0.523. The third-order valence-corrected chi connectivity index (χ3v) is 5.63. The maximum Gasteiger partial charge on any atom is 0.340 e. The average molecular weight is 454 g/mol. The second kappa shape index (κ2) is 8.40. The third-order valence-electron chi connectivity index (χ3n) is 4.03. The Labute approximate surface area is 179 Å². The van der Waals surface area contributed by atoms with Gasteiger partial charge in [0.15, 0.2) is 15.8 Å². The van der Waals surface area contributed by atoms with Gasteiger partial charge in [-0.25, -0.2) is 9.18 Å². The minimum atomic E-state index is -1.24. The van der Waals surface area contributed by atoms with Crippen molar-refractivity contribution in [1.29, 1.82) is 0 Å². The summed E-state index contributed by atoms with van der Waals surface area (Å²) in [6.45, 7) is 0. The van der Waals surface area contributed by atoms with Gasteiger partial charge in [0.25, 0.3) is 5.91 Å². The molecule has 0 bridgehead atoms. The fourth-order valence-corrected chi connectivity index (χ4v) is 4.20. The SMILES string of the molecule is COc1ccc(/C=C2/SC(=S)N(c3ccc(F)c(Cl)c3)C2=O)c(C(=O)O)c1OC. The fourth-order valence-electron chi connectivity index (χ4n) is 2.74. The number of anilines is 1. The molecule has 1 fully saturated rings. The lowest BCUT2D eigenvalue weighted by molar-refractivity contribution is -0.113. The van der Waals surface area contributed by atoms with Crippen molar-refractivity contribution in [2.45, 2.75) is 0 Å². The maximum absolute atomic E-state index is 13.4. The number of amides is 1. The van der Waals surface area contributed by atoms with Crippen molar-refractivity contribution in [3.63, 3.8) is 0 Å². The summed E-state index contributed by atoms with van der Waals surface area (Å²) in [6, 6.07) is 6.86. The first-order valence-electron chi connectivity index (χ1n) is 7.99. The van der Waals surface area contributed by atoms with Crippen LogP contribution in [0, 0.1) is 5.82 Å². The zero-order valence-electron chi connectivity index (χ0n) is 15.1. The molecule has 150 valence electrons. The molecule has 1 aliphatic rings. The van der Waals surface area contributed by atoms with Gasteiger partial charge in [-0.1, -0.05) is 41.6 Å². The van der Waals surface area contributed by atoms with Crippen LogP contribution in [-0.2, 0) is 4.79 Å². The lowest BCUT2D eigenvalue weighted by Gasteiger charge is -2.15. The summed E-state index contributed by atoms with van der Waals surface area (Å²) < 4.78 is 24.0. The van der Waals surface area contributed by atoms with Gasteiger partial charge in [-0.2, -0.15) is 0 Å². The Hall–Kier alpha value is -2.62. The van der Waals surface area contributed by atoms with Crippen LogP contribution in [-0.4, -0.2) is 35.5 Å². The molecule has 0 aliphatic carbocycles. The third kappa shape index (κ3) is 3.93. The number of aromatic carboxylic acids is 1. The molecule has 1 heterocycles. The lowest BCUT2D eigenvalue weighted by atomic mass is 10.0. The first kappa shape index (κ1) is 21.1. The van der Waals surface area contributed by atoms with Gasteiger partial charge in [0.1, 0.15) is 11.4 Å². The molecular formula is C19H13ClFNO5S2. The molecule has 1 saturated heterocycles. The van der Waals surface area contributed by atoms with Gasteiger partial charge in [-0.05, 0) is 35.9 Å². The van der Waals surface area contributed by atoms with Crippen LogP contribution in [0.1, 0.15) is 15.9 Å². The van der Waals surface area contributed by atoms with Gasteiger partial charge in [-0.15, -0.1) is 0 Å². The smallest absolute Gasteiger partial charge is 0.340 e. The number of carbonyl (C=O) groups is 2. The van der Waals surface area contributed by atoms with Crippen molar-refractivity contribution in [2.24, 2.45) is 0 Å². The predicted molar refractivity (Wildman–Crippen MR) is 114 cm³/mol. The second-order valence-corrected chi connectivity index (χ2v) is 7.77. The van der Waals surface area contributed by atoms with Crippen LogP contribution in [0.15, 0.2) is 35.2 Å². The number of benzene rings is 2. The largest absolute Gasteiger partial charge is 0.493 e. The number of carboxylic acid groups (broad SMARTS) is 1. The Balaban J connectivity index is 2.06. The number of ether oxygens (including phenoxy) is 2. The zero-order chi connectivity index (χ0) is 21.3. The molecule has 29 heavy (non-hydrogen) atoms. The Morgan fingerprint density at radius 3 is 2.59 bits per heavy atom. The van der Waals surface area contributed by atoms with Crippen molar-refractivity contribution >= 4 is 63.5 Å². The summed E-state index contributed by atoms with van der Waals surface area (Å²) in [5.74, 6) is -2.06. The number of carbonyl (C=O) groups excluding carboxylic acids is 1. The maximum atomic E-state index is 13.4. The van der Waals surface area contributed by atoms with Crippen molar-refractivity contribution in [3.8, 4) is 11.5 Å². The summed E-state index contributed by atoms with van der Waals surface area (Å²) in [5, 5.41) is 9.49. The van der Waals surface area contributed by atoms with Crippen LogP contribution in [0.25, 0.3) is 6.08 Å². The van der Waals surface area contributed by atoms with E-state index in [2.05, 4.69) is 0 Å². The number of thiocarbonyl (C=S) groups is 1. The highest BCUT2D eigenvalue weighted by molar-refractivity contribution is 8.27. The molecule has 2 aromatic carbocycles. The number of methoxy groups -OCH3 is 2. The highest BCUT2D eigenvalue weighted by Crippen LogP contribution is 2.39. The number of hydrogen-bond acceptors (Lipinski definition) is 6. The van der Waals surface area contributed by atoms with Crippen molar-refractivity contribution < 1.29 is 28.6 Å². The molecule has 2 aromatic rings. The van der Waals surface area contributed by atoms with Crippen molar-refractivity contribution in [1.82, 2.24) is 0 Å². The minimum Gasteiger partial charge on any atom is -0.493 e. The molecule has 1 aliphatic heterocycles. The minimum absolute atomic E-state index is 0.0366. The van der Waals surface area contributed by atoms with E-state index < -0.39 is 17.7 Å². The lowest BCUT2D eigenvalue weighted by Crippen LogP contribution is -2.27. The molecule has 1 N–H and O–H groups in total. The van der Waals surface area contributed by atoms with Crippen LogP contribution < -0.4 is 14.4 Å². The van der Waals surface area contributed by atoms with Gasteiger partial charge in [0, 0.05) is 0 Å². The van der Waals surface area contributed by atoms with E-state index in [-0.39, 0.29) is 36.9 Å². The molecule has 3 rings (SSSR count). The first-order chi connectivity index (χ1) is 13.8. The molecule has 6 nitrogen and oxygen atoms in total. The molecular weight excluding hydrogens is 441 g/mol. The van der Waals surface area contributed by atoms with Crippen LogP contribution in [0.4, 0.5) is 10.1 Å². The van der Waals surface area contributed by atoms with E-state index in [0.717, 1.165) is 17.8 Å². The zero-order valence-corrected chi connectivity index (χ0v) is 17.5. The van der Waals surface area contributed by atoms with Gasteiger partial charge >= 0.3 is 5.97 Å².